The van der Waals surface area contributed by atoms with Gasteiger partial charge in [0.05, 0.1) is 5.69 Å². The van der Waals surface area contributed by atoms with Gasteiger partial charge in [-0.3, -0.25) is 14.5 Å². The molecule has 0 fully saturated rings. The molecule has 18 heavy (non-hydrogen) atoms. The highest BCUT2D eigenvalue weighted by atomic mass is 32.1. The Balaban J connectivity index is 2.03. The molecule has 3 aromatic heterocycles. The van der Waals surface area contributed by atoms with E-state index in [1.165, 1.54) is 11.3 Å². The minimum atomic E-state index is -0.193. The summed E-state index contributed by atoms with van der Waals surface area (Å²) in [7, 11) is 0. The van der Waals surface area contributed by atoms with Crippen molar-refractivity contribution in [2.45, 2.75) is 6.92 Å². The smallest absolute Gasteiger partial charge is 0.276 e. The second kappa shape index (κ2) is 4.23. The summed E-state index contributed by atoms with van der Waals surface area (Å²) in [4.78, 5) is 20.6. The van der Waals surface area contributed by atoms with Gasteiger partial charge in [-0.15, -0.1) is 11.3 Å². The molecule has 0 aliphatic heterocycles. The summed E-state index contributed by atoms with van der Waals surface area (Å²) in [5.41, 5.74) is 2.01. The van der Waals surface area contributed by atoms with Crippen LogP contribution in [-0.4, -0.2) is 20.3 Å². The van der Waals surface area contributed by atoms with Gasteiger partial charge in [-0.05, 0) is 19.1 Å². The third kappa shape index (κ3) is 1.76. The second-order valence-corrected chi connectivity index (χ2v) is 4.66. The van der Waals surface area contributed by atoms with Crippen molar-refractivity contribution in [3.63, 3.8) is 0 Å². The van der Waals surface area contributed by atoms with Gasteiger partial charge in [0.15, 0.2) is 5.13 Å². The van der Waals surface area contributed by atoms with Gasteiger partial charge in [-0.1, -0.05) is 6.07 Å². The molecule has 3 aromatic rings. The highest BCUT2D eigenvalue weighted by molar-refractivity contribution is 7.13. The number of carbonyl (C=O) groups is 1. The van der Waals surface area contributed by atoms with Gasteiger partial charge in [-0.25, -0.2) is 9.97 Å². The van der Waals surface area contributed by atoms with Gasteiger partial charge in [0.25, 0.3) is 5.91 Å². The number of anilines is 1. The second-order valence-electron chi connectivity index (χ2n) is 3.77. The van der Waals surface area contributed by atoms with E-state index in [-0.39, 0.29) is 5.91 Å². The van der Waals surface area contributed by atoms with E-state index in [2.05, 4.69) is 15.3 Å². The van der Waals surface area contributed by atoms with Crippen molar-refractivity contribution in [2.24, 2.45) is 0 Å². The van der Waals surface area contributed by atoms with Crippen LogP contribution in [0.4, 0.5) is 5.13 Å². The molecule has 5 nitrogen and oxygen atoms in total. The molecule has 0 aromatic carbocycles. The van der Waals surface area contributed by atoms with Crippen molar-refractivity contribution in [1.29, 1.82) is 0 Å². The monoisotopic (exact) mass is 258 g/mol. The zero-order valence-electron chi connectivity index (χ0n) is 9.62. The Kier molecular flexibility index (Phi) is 2.56. The molecule has 90 valence electrons. The lowest BCUT2D eigenvalue weighted by molar-refractivity contribution is 0.102. The maximum absolute atomic E-state index is 12.2. The van der Waals surface area contributed by atoms with E-state index >= 15 is 0 Å². The van der Waals surface area contributed by atoms with Crippen LogP contribution in [-0.2, 0) is 0 Å². The summed E-state index contributed by atoms with van der Waals surface area (Å²) in [5.74, 6) is -0.193. The minimum absolute atomic E-state index is 0.193. The highest BCUT2D eigenvalue weighted by Crippen LogP contribution is 2.16. The van der Waals surface area contributed by atoms with Crippen LogP contribution in [0.1, 0.15) is 16.2 Å². The number of amides is 1. The number of hydrogen-bond acceptors (Lipinski definition) is 4. The van der Waals surface area contributed by atoms with Crippen LogP contribution in [0.2, 0.25) is 0 Å². The molecule has 0 saturated carbocycles. The summed E-state index contributed by atoms with van der Waals surface area (Å²) in [6, 6.07) is 5.63. The average molecular weight is 258 g/mol. The molecule has 0 bridgehead atoms. The summed E-state index contributed by atoms with van der Waals surface area (Å²) >= 11 is 1.39. The Morgan fingerprint density at radius 2 is 2.33 bits per heavy atom. The standard InChI is InChI=1S/C12H10N4OS/c1-8-10(11(17)15-12-13-5-7-18-12)16-6-3-2-4-9(16)14-8/h2-7H,1H3,(H,13,15,17). The number of imidazole rings is 1. The number of hydrogen-bond donors (Lipinski definition) is 1. The number of rotatable bonds is 2. The predicted octanol–water partition coefficient (Wildman–Crippen LogP) is 2.35. The molecule has 0 spiro atoms. The first kappa shape index (κ1) is 10.9. The fraction of sp³-hybridized carbons (Fsp3) is 0.0833. The SMILES string of the molecule is Cc1nc2ccccn2c1C(=O)Nc1nccs1. The van der Waals surface area contributed by atoms with Crippen molar-refractivity contribution in [2.75, 3.05) is 5.32 Å². The molecule has 0 unspecified atom stereocenters. The molecule has 0 aliphatic carbocycles. The molecule has 1 N–H and O–H groups in total. The maximum Gasteiger partial charge on any atom is 0.276 e. The van der Waals surface area contributed by atoms with E-state index in [1.807, 2.05) is 36.7 Å². The summed E-state index contributed by atoms with van der Waals surface area (Å²) in [6.07, 6.45) is 3.48. The van der Waals surface area contributed by atoms with Gasteiger partial charge < -0.3 is 0 Å². The number of aromatic nitrogens is 3. The summed E-state index contributed by atoms with van der Waals surface area (Å²) in [5, 5.41) is 5.17. The van der Waals surface area contributed by atoms with Crippen molar-refractivity contribution in [3.8, 4) is 0 Å². The highest BCUT2D eigenvalue weighted by Gasteiger charge is 2.16. The quantitative estimate of drug-likeness (QED) is 0.767. The molecular weight excluding hydrogens is 248 g/mol. The van der Waals surface area contributed by atoms with E-state index in [0.29, 0.717) is 16.5 Å². The Labute approximate surface area is 107 Å². The molecule has 3 heterocycles. The fourth-order valence-electron chi connectivity index (χ4n) is 1.83. The van der Waals surface area contributed by atoms with Gasteiger partial charge >= 0.3 is 0 Å². The number of nitrogens with one attached hydrogen (secondary N) is 1. The van der Waals surface area contributed by atoms with Crippen LogP contribution in [0.15, 0.2) is 36.0 Å². The topological polar surface area (TPSA) is 59.3 Å². The van der Waals surface area contributed by atoms with Gasteiger partial charge in [0.1, 0.15) is 11.3 Å². The van der Waals surface area contributed by atoms with E-state index in [4.69, 9.17) is 0 Å². The van der Waals surface area contributed by atoms with Crippen molar-refractivity contribution < 1.29 is 4.79 Å². The molecule has 0 radical (unpaired) electrons. The van der Waals surface area contributed by atoms with Crippen LogP contribution in [0.5, 0.6) is 0 Å². The molecule has 6 heteroatoms. The molecule has 1 amide bonds. The lowest BCUT2D eigenvalue weighted by Gasteiger charge is -2.02. The number of fused-ring (bicyclic) bond motifs is 1. The zero-order chi connectivity index (χ0) is 12.5. The van der Waals surface area contributed by atoms with Crippen molar-refractivity contribution >= 4 is 28.0 Å². The van der Waals surface area contributed by atoms with Crippen molar-refractivity contribution in [1.82, 2.24) is 14.4 Å². The van der Waals surface area contributed by atoms with Gasteiger partial charge in [-0.2, -0.15) is 0 Å². The van der Waals surface area contributed by atoms with E-state index in [1.54, 1.807) is 10.6 Å². The average Bonchev–Trinajstić information content (AvgIpc) is 2.94. The van der Waals surface area contributed by atoms with Crippen LogP contribution < -0.4 is 5.32 Å². The maximum atomic E-state index is 12.2. The third-order valence-corrected chi connectivity index (χ3v) is 3.26. The van der Waals surface area contributed by atoms with Gasteiger partial charge in [0.2, 0.25) is 0 Å². The molecule has 0 saturated heterocycles. The van der Waals surface area contributed by atoms with E-state index in [9.17, 15) is 4.79 Å². The van der Waals surface area contributed by atoms with Crippen LogP contribution >= 0.6 is 11.3 Å². The summed E-state index contributed by atoms with van der Waals surface area (Å²) in [6.45, 7) is 1.82. The largest absolute Gasteiger partial charge is 0.296 e. The number of thiazole rings is 1. The van der Waals surface area contributed by atoms with E-state index in [0.717, 1.165) is 5.65 Å². The van der Waals surface area contributed by atoms with Crippen LogP contribution in [0.25, 0.3) is 5.65 Å². The number of pyridine rings is 1. The number of nitrogens with zero attached hydrogens (tertiary/aromatic N) is 3. The Morgan fingerprint density at radius 3 is 3.11 bits per heavy atom. The third-order valence-electron chi connectivity index (χ3n) is 2.57. The van der Waals surface area contributed by atoms with E-state index < -0.39 is 0 Å². The Hall–Kier alpha value is -2.21. The first-order valence-electron chi connectivity index (χ1n) is 5.40. The Morgan fingerprint density at radius 1 is 1.44 bits per heavy atom. The molecular formula is C12H10N4OS. The lowest BCUT2D eigenvalue weighted by Crippen LogP contribution is -2.15. The first-order chi connectivity index (χ1) is 8.75. The van der Waals surface area contributed by atoms with Crippen molar-refractivity contribution in [3.05, 3.63) is 47.4 Å². The molecule has 0 atom stereocenters. The van der Waals surface area contributed by atoms with Crippen LogP contribution in [0, 0.1) is 6.92 Å². The number of carbonyl (C=O) groups excluding carboxylic acids is 1. The zero-order valence-corrected chi connectivity index (χ0v) is 10.4. The molecule has 0 aliphatic rings. The first-order valence-corrected chi connectivity index (χ1v) is 6.28. The van der Waals surface area contributed by atoms with Gasteiger partial charge in [0, 0.05) is 17.8 Å². The minimum Gasteiger partial charge on any atom is -0.296 e. The predicted molar refractivity (Wildman–Crippen MR) is 70.0 cm³/mol. The lowest BCUT2D eigenvalue weighted by atomic mass is 10.3. The fourth-order valence-corrected chi connectivity index (χ4v) is 2.35. The number of aryl methyl sites for hydroxylation is 1. The normalized spacial score (nSPS) is 10.7. The van der Waals surface area contributed by atoms with Crippen LogP contribution in [0.3, 0.4) is 0 Å². The summed E-state index contributed by atoms with van der Waals surface area (Å²) < 4.78 is 1.78. The molecule has 3 rings (SSSR count). The Bertz CT molecular complexity index is 702.